The molecule has 0 saturated heterocycles. The quantitative estimate of drug-likeness (QED) is 0.464. The molecule has 0 N–H and O–H groups in total. The molecule has 1 aromatic heterocycles. The summed E-state index contributed by atoms with van der Waals surface area (Å²) >= 11 is 24.6. The molecule has 2 nitrogen and oxygen atoms in total. The van der Waals surface area contributed by atoms with Crippen molar-refractivity contribution in [3.8, 4) is 28.5 Å². The largest absolute Gasteiger partial charge is 0.251 e. The fourth-order valence-electron chi connectivity index (χ4n) is 2.53. The number of nitrogens with zero attached hydrogens (tertiary/aromatic N) is 2. The van der Waals surface area contributed by atoms with Crippen LogP contribution in [0.15, 0.2) is 48.5 Å². The lowest BCUT2D eigenvalue weighted by Gasteiger charge is -2.12. The average molecular weight is 408 g/mol. The fourth-order valence-corrected chi connectivity index (χ4v) is 3.58. The van der Waals surface area contributed by atoms with E-state index in [0.29, 0.717) is 31.5 Å². The van der Waals surface area contributed by atoms with Crippen LogP contribution in [0.1, 0.15) is 5.69 Å². The summed E-state index contributed by atoms with van der Waals surface area (Å²) in [5.74, 6) is 0. The lowest BCUT2D eigenvalue weighted by atomic mass is 9.98. The van der Waals surface area contributed by atoms with E-state index in [0.717, 1.165) is 16.7 Å². The van der Waals surface area contributed by atoms with E-state index in [1.807, 2.05) is 24.3 Å². The van der Waals surface area contributed by atoms with Gasteiger partial charge in [0.2, 0.25) is 0 Å². The molecule has 25 heavy (non-hydrogen) atoms. The summed E-state index contributed by atoms with van der Waals surface area (Å²) in [5, 5.41) is 11.0. The predicted molar refractivity (Wildman–Crippen MR) is 104 cm³/mol. The molecule has 0 radical (unpaired) electrons. The Labute approximate surface area is 165 Å². The van der Waals surface area contributed by atoms with E-state index in [1.54, 1.807) is 24.3 Å². The van der Waals surface area contributed by atoms with Gasteiger partial charge in [0, 0.05) is 31.2 Å². The zero-order valence-electron chi connectivity index (χ0n) is 12.7. The summed E-state index contributed by atoms with van der Waals surface area (Å²) in [6, 6.07) is 16.3. The van der Waals surface area contributed by atoms with E-state index in [9.17, 15) is 0 Å². The molecule has 2 aromatic carbocycles. The number of rotatable bonds is 3. The standard InChI is InChI=1S/C19H10Cl4N2/c20-13-5-11(6-14(21)9-13)18-2-1-17(3-4-24)25-19(18)12-7-15(22)10-16(23)8-12/h1-2,5-10H,3H2. The SMILES string of the molecule is N#CCc1ccc(-c2cc(Cl)cc(Cl)c2)c(-c2cc(Cl)cc(Cl)c2)n1. The first kappa shape index (κ1) is 18.0. The van der Waals surface area contributed by atoms with Gasteiger partial charge in [-0.25, -0.2) is 0 Å². The van der Waals surface area contributed by atoms with Gasteiger partial charge in [0.15, 0.2) is 0 Å². The smallest absolute Gasteiger partial charge is 0.0785 e. The summed E-state index contributed by atoms with van der Waals surface area (Å²) < 4.78 is 0. The van der Waals surface area contributed by atoms with Crippen LogP contribution in [0.3, 0.4) is 0 Å². The van der Waals surface area contributed by atoms with Crippen LogP contribution in [0.4, 0.5) is 0 Å². The Morgan fingerprint density at radius 3 is 1.80 bits per heavy atom. The Kier molecular flexibility index (Phi) is 5.51. The van der Waals surface area contributed by atoms with Crippen molar-refractivity contribution < 1.29 is 0 Å². The van der Waals surface area contributed by atoms with E-state index < -0.39 is 0 Å². The molecule has 6 heteroatoms. The summed E-state index contributed by atoms with van der Waals surface area (Å²) in [4.78, 5) is 4.62. The summed E-state index contributed by atoms with van der Waals surface area (Å²) in [6.07, 6.45) is 0.206. The second-order valence-corrected chi connectivity index (χ2v) is 7.10. The molecule has 0 aliphatic rings. The lowest BCUT2D eigenvalue weighted by molar-refractivity contribution is 1.12. The number of pyridine rings is 1. The van der Waals surface area contributed by atoms with Crippen molar-refractivity contribution in [2.24, 2.45) is 0 Å². The first-order chi connectivity index (χ1) is 12.0. The molecule has 3 aromatic rings. The monoisotopic (exact) mass is 406 g/mol. The maximum atomic E-state index is 8.96. The van der Waals surface area contributed by atoms with Crippen molar-refractivity contribution in [1.82, 2.24) is 4.98 Å². The van der Waals surface area contributed by atoms with Crippen LogP contribution in [0.25, 0.3) is 22.4 Å². The minimum absolute atomic E-state index is 0.206. The Morgan fingerprint density at radius 2 is 1.28 bits per heavy atom. The average Bonchev–Trinajstić information content (AvgIpc) is 2.53. The molecule has 124 valence electrons. The van der Waals surface area contributed by atoms with Crippen molar-refractivity contribution in [2.45, 2.75) is 6.42 Å². The first-order valence-electron chi connectivity index (χ1n) is 7.26. The highest BCUT2D eigenvalue weighted by molar-refractivity contribution is 6.35. The Bertz CT molecular complexity index is 953. The molecule has 0 aliphatic heterocycles. The lowest BCUT2D eigenvalue weighted by Crippen LogP contribution is -1.95. The van der Waals surface area contributed by atoms with Gasteiger partial charge in [-0.05, 0) is 48.0 Å². The van der Waals surface area contributed by atoms with E-state index in [1.165, 1.54) is 0 Å². The number of hydrogen-bond donors (Lipinski definition) is 0. The molecule has 0 unspecified atom stereocenters. The highest BCUT2D eigenvalue weighted by Gasteiger charge is 2.13. The predicted octanol–water partition coefficient (Wildman–Crippen LogP) is 7.10. The van der Waals surface area contributed by atoms with E-state index in [-0.39, 0.29) is 6.42 Å². The molecule has 3 rings (SSSR count). The third kappa shape index (κ3) is 4.26. The van der Waals surface area contributed by atoms with E-state index >= 15 is 0 Å². The van der Waals surface area contributed by atoms with Gasteiger partial charge in [0.05, 0.1) is 23.9 Å². The zero-order valence-corrected chi connectivity index (χ0v) is 15.8. The third-order valence-corrected chi connectivity index (χ3v) is 4.40. The normalized spacial score (nSPS) is 10.5. The Hall–Kier alpha value is -1.76. The van der Waals surface area contributed by atoms with Gasteiger partial charge in [0.1, 0.15) is 0 Å². The molecular weight excluding hydrogens is 398 g/mol. The zero-order chi connectivity index (χ0) is 18.0. The van der Waals surface area contributed by atoms with Crippen LogP contribution in [0.5, 0.6) is 0 Å². The van der Waals surface area contributed by atoms with Gasteiger partial charge in [0.25, 0.3) is 0 Å². The van der Waals surface area contributed by atoms with Crippen LogP contribution in [0, 0.1) is 11.3 Å². The highest BCUT2D eigenvalue weighted by Crippen LogP contribution is 2.36. The molecule has 0 atom stereocenters. The minimum atomic E-state index is 0.206. The van der Waals surface area contributed by atoms with E-state index in [4.69, 9.17) is 51.7 Å². The molecule has 0 saturated carbocycles. The first-order valence-corrected chi connectivity index (χ1v) is 8.77. The number of halogens is 4. The van der Waals surface area contributed by atoms with Crippen LogP contribution in [-0.4, -0.2) is 4.98 Å². The molecule has 0 fully saturated rings. The number of hydrogen-bond acceptors (Lipinski definition) is 2. The molecule has 0 aliphatic carbocycles. The van der Waals surface area contributed by atoms with Crippen molar-refractivity contribution in [1.29, 1.82) is 5.26 Å². The summed E-state index contributed by atoms with van der Waals surface area (Å²) in [5.41, 5.74) is 3.72. The van der Waals surface area contributed by atoms with Crippen LogP contribution in [0.2, 0.25) is 20.1 Å². The number of benzene rings is 2. The Balaban J connectivity index is 2.26. The fraction of sp³-hybridized carbons (Fsp3) is 0.0526. The number of nitriles is 1. The van der Waals surface area contributed by atoms with Crippen LogP contribution >= 0.6 is 46.4 Å². The number of aromatic nitrogens is 1. The van der Waals surface area contributed by atoms with Crippen LogP contribution < -0.4 is 0 Å². The molecular formula is C19H10Cl4N2. The van der Waals surface area contributed by atoms with Gasteiger partial charge in [-0.15, -0.1) is 0 Å². The molecule has 0 bridgehead atoms. The maximum absolute atomic E-state index is 8.96. The van der Waals surface area contributed by atoms with Gasteiger partial charge in [-0.2, -0.15) is 5.26 Å². The van der Waals surface area contributed by atoms with Gasteiger partial charge < -0.3 is 0 Å². The second-order valence-electron chi connectivity index (χ2n) is 5.35. The van der Waals surface area contributed by atoms with Crippen molar-refractivity contribution >= 4 is 46.4 Å². The third-order valence-electron chi connectivity index (χ3n) is 3.52. The van der Waals surface area contributed by atoms with Gasteiger partial charge >= 0.3 is 0 Å². The van der Waals surface area contributed by atoms with Crippen molar-refractivity contribution in [3.63, 3.8) is 0 Å². The van der Waals surface area contributed by atoms with Crippen molar-refractivity contribution in [2.75, 3.05) is 0 Å². The highest BCUT2D eigenvalue weighted by atomic mass is 35.5. The van der Waals surface area contributed by atoms with Crippen molar-refractivity contribution in [3.05, 3.63) is 74.3 Å². The summed E-state index contributed by atoms with van der Waals surface area (Å²) in [7, 11) is 0. The maximum Gasteiger partial charge on any atom is 0.0785 e. The molecule has 0 amide bonds. The van der Waals surface area contributed by atoms with E-state index in [2.05, 4.69) is 11.1 Å². The molecule has 1 heterocycles. The second kappa shape index (κ2) is 7.64. The van der Waals surface area contributed by atoms with Gasteiger partial charge in [-0.3, -0.25) is 4.98 Å². The Morgan fingerprint density at radius 1 is 0.760 bits per heavy atom. The minimum Gasteiger partial charge on any atom is -0.251 e. The topological polar surface area (TPSA) is 36.7 Å². The summed E-state index contributed by atoms with van der Waals surface area (Å²) in [6.45, 7) is 0. The molecule has 0 spiro atoms. The van der Waals surface area contributed by atoms with Gasteiger partial charge in [-0.1, -0.05) is 52.5 Å². The van der Waals surface area contributed by atoms with Crippen LogP contribution in [-0.2, 0) is 6.42 Å².